The fourth-order valence-corrected chi connectivity index (χ4v) is 1.59. The third kappa shape index (κ3) is 2.08. The minimum absolute atomic E-state index is 0.328. The maximum absolute atomic E-state index is 5.62. The highest BCUT2D eigenvalue weighted by Gasteiger charge is 2.16. The van der Waals surface area contributed by atoms with Crippen LogP contribution in [0.5, 0.6) is 5.88 Å². The first-order valence-corrected chi connectivity index (χ1v) is 4.59. The van der Waals surface area contributed by atoms with Crippen LogP contribution < -0.4 is 10.5 Å². The lowest BCUT2D eigenvalue weighted by Crippen LogP contribution is -2.12. The molecule has 1 aliphatic carbocycles. The predicted octanol–water partition coefficient (Wildman–Crippen LogP) is 1.38. The van der Waals surface area contributed by atoms with Crippen molar-refractivity contribution in [2.45, 2.75) is 31.8 Å². The van der Waals surface area contributed by atoms with Crippen molar-refractivity contribution in [3.63, 3.8) is 0 Å². The van der Waals surface area contributed by atoms with Gasteiger partial charge in [-0.15, -0.1) is 0 Å². The van der Waals surface area contributed by atoms with Crippen LogP contribution in [0, 0.1) is 0 Å². The lowest BCUT2D eigenvalue weighted by Gasteiger charge is -2.11. The Morgan fingerprint density at radius 3 is 2.77 bits per heavy atom. The van der Waals surface area contributed by atoms with Gasteiger partial charge in [0.1, 0.15) is 18.2 Å². The molecule has 0 saturated heterocycles. The zero-order valence-electron chi connectivity index (χ0n) is 7.44. The molecule has 0 spiro atoms. The Hall–Kier alpha value is -1.32. The van der Waals surface area contributed by atoms with Crippen LogP contribution in [-0.2, 0) is 0 Å². The Labute approximate surface area is 77.1 Å². The summed E-state index contributed by atoms with van der Waals surface area (Å²) >= 11 is 0. The molecule has 70 valence electrons. The molecule has 0 aliphatic heterocycles. The normalized spacial score (nSPS) is 17.5. The number of nitrogens with two attached hydrogens (primary N) is 1. The summed E-state index contributed by atoms with van der Waals surface area (Å²) in [6.45, 7) is 0. The molecular weight excluding hydrogens is 166 g/mol. The number of rotatable bonds is 2. The fraction of sp³-hybridized carbons (Fsp3) is 0.556. The van der Waals surface area contributed by atoms with Crippen LogP contribution in [0.2, 0.25) is 0 Å². The van der Waals surface area contributed by atoms with Gasteiger partial charge in [-0.3, -0.25) is 0 Å². The van der Waals surface area contributed by atoms with Crippen LogP contribution in [0.1, 0.15) is 25.7 Å². The standard InChI is InChI=1S/C9H13N3O/c10-8-5-9(12-6-11-8)13-7-3-1-2-4-7/h5-7H,1-4H2,(H2,10,11,12). The van der Waals surface area contributed by atoms with Gasteiger partial charge in [0.15, 0.2) is 0 Å². The van der Waals surface area contributed by atoms with Crippen molar-refractivity contribution in [2.24, 2.45) is 0 Å². The molecule has 2 rings (SSSR count). The smallest absolute Gasteiger partial charge is 0.218 e. The van der Waals surface area contributed by atoms with Gasteiger partial charge in [0.2, 0.25) is 5.88 Å². The molecule has 0 radical (unpaired) electrons. The predicted molar refractivity (Wildman–Crippen MR) is 49.3 cm³/mol. The number of hydrogen-bond donors (Lipinski definition) is 1. The quantitative estimate of drug-likeness (QED) is 0.745. The largest absolute Gasteiger partial charge is 0.474 e. The molecule has 1 aliphatic rings. The van der Waals surface area contributed by atoms with Gasteiger partial charge in [-0.25, -0.2) is 9.97 Å². The van der Waals surface area contributed by atoms with Gasteiger partial charge >= 0.3 is 0 Å². The van der Waals surface area contributed by atoms with E-state index in [9.17, 15) is 0 Å². The van der Waals surface area contributed by atoms with Crippen LogP contribution in [0.15, 0.2) is 12.4 Å². The third-order valence-corrected chi connectivity index (χ3v) is 2.25. The molecule has 1 heterocycles. The Morgan fingerprint density at radius 1 is 1.31 bits per heavy atom. The number of aromatic nitrogens is 2. The summed E-state index contributed by atoms with van der Waals surface area (Å²) in [7, 11) is 0. The van der Waals surface area contributed by atoms with E-state index in [4.69, 9.17) is 10.5 Å². The lowest BCUT2D eigenvalue weighted by atomic mass is 10.3. The molecule has 1 aromatic rings. The highest BCUT2D eigenvalue weighted by atomic mass is 16.5. The molecule has 0 aromatic carbocycles. The Kier molecular flexibility index (Phi) is 2.29. The number of hydrogen-bond acceptors (Lipinski definition) is 4. The van der Waals surface area contributed by atoms with E-state index < -0.39 is 0 Å². The van der Waals surface area contributed by atoms with Gasteiger partial charge in [-0.2, -0.15) is 0 Å². The van der Waals surface area contributed by atoms with Crippen LogP contribution in [0.25, 0.3) is 0 Å². The average molecular weight is 179 g/mol. The molecule has 4 heteroatoms. The van der Waals surface area contributed by atoms with Crippen LogP contribution in [0.3, 0.4) is 0 Å². The molecule has 1 aromatic heterocycles. The molecule has 2 N–H and O–H groups in total. The maximum atomic E-state index is 5.62. The summed E-state index contributed by atoms with van der Waals surface area (Å²) in [5.74, 6) is 1.06. The van der Waals surface area contributed by atoms with Gasteiger partial charge in [0.25, 0.3) is 0 Å². The first-order chi connectivity index (χ1) is 6.34. The highest BCUT2D eigenvalue weighted by Crippen LogP contribution is 2.22. The van der Waals surface area contributed by atoms with Crippen molar-refractivity contribution in [2.75, 3.05) is 5.73 Å². The Bertz CT molecular complexity index is 284. The Balaban J connectivity index is 2.00. The molecule has 13 heavy (non-hydrogen) atoms. The number of anilines is 1. The second kappa shape index (κ2) is 3.60. The van der Waals surface area contributed by atoms with Crippen LogP contribution >= 0.6 is 0 Å². The van der Waals surface area contributed by atoms with E-state index in [1.807, 2.05) is 0 Å². The van der Waals surface area contributed by atoms with E-state index >= 15 is 0 Å². The summed E-state index contributed by atoms with van der Waals surface area (Å²) in [4.78, 5) is 7.79. The summed E-state index contributed by atoms with van der Waals surface area (Å²) < 4.78 is 5.62. The van der Waals surface area contributed by atoms with Gasteiger partial charge in [-0.1, -0.05) is 0 Å². The molecule has 0 atom stereocenters. The first kappa shape index (κ1) is 8.29. The summed E-state index contributed by atoms with van der Waals surface area (Å²) in [6.07, 6.45) is 6.53. The molecule has 0 amide bonds. The molecular formula is C9H13N3O. The summed E-state index contributed by atoms with van der Waals surface area (Å²) in [5.41, 5.74) is 5.50. The van der Waals surface area contributed by atoms with Gasteiger partial charge in [0.05, 0.1) is 0 Å². The summed E-state index contributed by atoms with van der Waals surface area (Å²) in [5, 5.41) is 0. The zero-order valence-corrected chi connectivity index (χ0v) is 7.44. The van der Waals surface area contributed by atoms with Crippen molar-refractivity contribution in [3.05, 3.63) is 12.4 Å². The number of nitrogen functional groups attached to an aromatic ring is 1. The topological polar surface area (TPSA) is 61.0 Å². The van der Waals surface area contributed by atoms with E-state index in [2.05, 4.69) is 9.97 Å². The Morgan fingerprint density at radius 2 is 2.08 bits per heavy atom. The molecule has 1 fully saturated rings. The molecule has 4 nitrogen and oxygen atoms in total. The van der Waals surface area contributed by atoms with Gasteiger partial charge in [0, 0.05) is 6.07 Å². The second-order valence-corrected chi connectivity index (χ2v) is 3.31. The number of ether oxygens (including phenoxy) is 1. The van der Waals surface area contributed by atoms with Crippen molar-refractivity contribution in [3.8, 4) is 5.88 Å². The fourth-order valence-electron chi connectivity index (χ4n) is 1.59. The first-order valence-electron chi connectivity index (χ1n) is 4.59. The SMILES string of the molecule is Nc1cc(OC2CCCC2)ncn1. The van der Waals surface area contributed by atoms with E-state index in [-0.39, 0.29) is 0 Å². The second-order valence-electron chi connectivity index (χ2n) is 3.31. The van der Waals surface area contributed by atoms with Crippen LogP contribution in [0.4, 0.5) is 5.82 Å². The van der Waals surface area contributed by atoms with Crippen molar-refractivity contribution in [1.82, 2.24) is 9.97 Å². The van der Waals surface area contributed by atoms with E-state index in [0.717, 1.165) is 12.8 Å². The zero-order chi connectivity index (χ0) is 9.10. The third-order valence-electron chi connectivity index (χ3n) is 2.25. The lowest BCUT2D eigenvalue weighted by molar-refractivity contribution is 0.201. The van der Waals surface area contributed by atoms with E-state index in [1.165, 1.54) is 19.2 Å². The monoisotopic (exact) mass is 179 g/mol. The summed E-state index contributed by atoms with van der Waals surface area (Å²) in [6, 6.07) is 1.66. The minimum atomic E-state index is 0.328. The van der Waals surface area contributed by atoms with Gasteiger partial charge < -0.3 is 10.5 Å². The molecule has 1 saturated carbocycles. The molecule has 0 bridgehead atoms. The minimum Gasteiger partial charge on any atom is -0.474 e. The number of nitrogens with zero attached hydrogens (tertiary/aromatic N) is 2. The highest BCUT2D eigenvalue weighted by molar-refractivity contribution is 5.30. The van der Waals surface area contributed by atoms with E-state index in [1.54, 1.807) is 6.07 Å². The van der Waals surface area contributed by atoms with Crippen molar-refractivity contribution < 1.29 is 4.74 Å². The van der Waals surface area contributed by atoms with Crippen LogP contribution in [-0.4, -0.2) is 16.1 Å². The molecule has 0 unspecified atom stereocenters. The van der Waals surface area contributed by atoms with Crippen molar-refractivity contribution >= 4 is 5.82 Å². The average Bonchev–Trinajstić information content (AvgIpc) is 2.57. The van der Waals surface area contributed by atoms with Gasteiger partial charge in [-0.05, 0) is 25.7 Å². The maximum Gasteiger partial charge on any atom is 0.218 e. The van der Waals surface area contributed by atoms with Crippen molar-refractivity contribution in [1.29, 1.82) is 0 Å². The van der Waals surface area contributed by atoms with E-state index in [0.29, 0.717) is 17.8 Å².